The molecular formula is C11H21F2N. The van der Waals surface area contributed by atoms with Crippen molar-refractivity contribution in [2.75, 3.05) is 19.6 Å². The third-order valence-electron chi connectivity index (χ3n) is 2.90. The van der Waals surface area contributed by atoms with Gasteiger partial charge in [0, 0.05) is 31.5 Å². The van der Waals surface area contributed by atoms with Gasteiger partial charge in [0.25, 0.3) is 5.92 Å². The fourth-order valence-corrected chi connectivity index (χ4v) is 2.25. The second kappa shape index (κ2) is 4.13. The minimum absolute atomic E-state index is 0.309. The van der Waals surface area contributed by atoms with E-state index in [0.29, 0.717) is 19.0 Å². The van der Waals surface area contributed by atoms with E-state index in [4.69, 9.17) is 0 Å². The van der Waals surface area contributed by atoms with Crippen LogP contribution in [0, 0.1) is 17.8 Å². The summed E-state index contributed by atoms with van der Waals surface area (Å²) in [6.07, 6.45) is 0. The average Bonchev–Trinajstić information content (AvgIpc) is 2.53. The molecule has 2 aliphatic rings. The Kier molecular flexibility index (Phi) is 3.51. The highest BCUT2D eigenvalue weighted by molar-refractivity contribution is 5.12. The number of nitrogens with zero attached hydrogens (tertiary/aromatic N) is 1. The van der Waals surface area contributed by atoms with Crippen molar-refractivity contribution < 1.29 is 8.78 Å². The van der Waals surface area contributed by atoms with Gasteiger partial charge in [-0.05, 0) is 5.92 Å². The van der Waals surface area contributed by atoms with Gasteiger partial charge in [-0.2, -0.15) is 0 Å². The van der Waals surface area contributed by atoms with Crippen LogP contribution in [0.15, 0.2) is 0 Å². The third kappa shape index (κ3) is 2.08. The molecule has 2 fully saturated rings. The molecule has 1 saturated heterocycles. The van der Waals surface area contributed by atoms with Crippen LogP contribution >= 0.6 is 0 Å². The van der Waals surface area contributed by atoms with Crippen LogP contribution in [0.2, 0.25) is 0 Å². The zero-order valence-corrected chi connectivity index (χ0v) is 9.56. The molecule has 2 rings (SSSR count). The molecule has 3 heteroatoms. The molecule has 1 aliphatic heterocycles. The molecule has 0 N–H and O–H groups in total. The van der Waals surface area contributed by atoms with Gasteiger partial charge in [0.15, 0.2) is 0 Å². The summed E-state index contributed by atoms with van der Waals surface area (Å²) in [6, 6.07) is 0. The van der Waals surface area contributed by atoms with Crippen LogP contribution in [0.25, 0.3) is 0 Å². The van der Waals surface area contributed by atoms with Crippen LogP contribution < -0.4 is 0 Å². The Hall–Kier alpha value is -0.180. The van der Waals surface area contributed by atoms with Crippen molar-refractivity contribution in [1.82, 2.24) is 4.90 Å². The number of alkyl halides is 2. The highest BCUT2D eigenvalue weighted by Gasteiger charge is 2.71. The number of hydrogen-bond donors (Lipinski definition) is 0. The Balaban J connectivity index is 0.000000461. The van der Waals surface area contributed by atoms with Crippen LogP contribution in [-0.2, 0) is 0 Å². The van der Waals surface area contributed by atoms with E-state index in [1.807, 2.05) is 13.8 Å². The molecule has 0 aromatic carbocycles. The lowest BCUT2D eigenvalue weighted by Crippen LogP contribution is -2.30. The van der Waals surface area contributed by atoms with Gasteiger partial charge in [0.05, 0.1) is 0 Å². The highest BCUT2D eigenvalue weighted by Crippen LogP contribution is 2.59. The van der Waals surface area contributed by atoms with Crippen LogP contribution in [-0.4, -0.2) is 30.5 Å². The van der Waals surface area contributed by atoms with Crippen LogP contribution in [0.5, 0.6) is 0 Å². The van der Waals surface area contributed by atoms with Gasteiger partial charge >= 0.3 is 0 Å². The summed E-state index contributed by atoms with van der Waals surface area (Å²) in [5.74, 6) is -2.34. The molecule has 0 aromatic heterocycles. The molecule has 1 saturated carbocycles. The largest absolute Gasteiger partial charge is 0.302 e. The Morgan fingerprint density at radius 2 is 1.64 bits per heavy atom. The van der Waals surface area contributed by atoms with Gasteiger partial charge in [-0.1, -0.05) is 27.7 Å². The predicted molar refractivity (Wildman–Crippen MR) is 54.6 cm³/mol. The van der Waals surface area contributed by atoms with Gasteiger partial charge in [0.1, 0.15) is 0 Å². The quantitative estimate of drug-likeness (QED) is 0.670. The van der Waals surface area contributed by atoms with Gasteiger partial charge in [-0.15, -0.1) is 0 Å². The molecule has 1 nitrogen and oxygen atoms in total. The van der Waals surface area contributed by atoms with Crippen molar-refractivity contribution in [1.29, 1.82) is 0 Å². The van der Waals surface area contributed by atoms with Crippen molar-refractivity contribution in [2.45, 2.75) is 33.6 Å². The van der Waals surface area contributed by atoms with Crippen LogP contribution in [0.1, 0.15) is 27.7 Å². The number of fused-ring (bicyclic) bond motifs is 1. The maximum Gasteiger partial charge on any atom is 0.257 e. The number of hydrogen-bond acceptors (Lipinski definition) is 1. The third-order valence-corrected chi connectivity index (χ3v) is 2.90. The zero-order chi connectivity index (χ0) is 10.9. The van der Waals surface area contributed by atoms with Crippen molar-refractivity contribution in [3.05, 3.63) is 0 Å². The smallest absolute Gasteiger partial charge is 0.257 e. The van der Waals surface area contributed by atoms with E-state index in [1.54, 1.807) is 0 Å². The molecule has 2 unspecified atom stereocenters. The van der Waals surface area contributed by atoms with Gasteiger partial charge in [-0.3, -0.25) is 0 Å². The molecule has 0 bridgehead atoms. The van der Waals surface area contributed by atoms with Gasteiger partial charge < -0.3 is 4.90 Å². The first kappa shape index (κ1) is 11.9. The highest BCUT2D eigenvalue weighted by atomic mass is 19.3. The van der Waals surface area contributed by atoms with E-state index >= 15 is 0 Å². The average molecular weight is 205 g/mol. The monoisotopic (exact) mass is 205 g/mol. The van der Waals surface area contributed by atoms with E-state index in [-0.39, 0.29) is 11.8 Å². The SMILES string of the molecule is CC.CC(C)CN1CC2C(C1)C2(F)F. The summed E-state index contributed by atoms with van der Waals surface area (Å²) in [6.45, 7) is 10.5. The van der Waals surface area contributed by atoms with Crippen molar-refractivity contribution >= 4 is 0 Å². The first-order chi connectivity index (χ1) is 6.51. The topological polar surface area (TPSA) is 3.24 Å². The van der Waals surface area contributed by atoms with E-state index < -0.39 is 5.92 Å². The van der Waals surface area contributed by atoms with Crippen molar-refractivity contribution in [3.8, 4) is 0 Å². The van der Waals surface area contributed by atoms with Crippen LogP contribution in [0.3, 0.4) is 0 Å². The Morgan fingerprint density at radius 1 is 1.21 bits per heavy atom. The zero-order valence-electron chi connectivity index (χ0n) is 9.56. The molecule has 84 valence electrons. The second-order valence-corrected chi connectivity index (χ2v) is 4.50. The summed E-state index contributed by atoms with van der Waals surface area (Å²) in [4.78, 5) is 2.16. The molecule has 2 atom stereocenters. The number of rotatable bonds is 2. The minimum atomic E-state index is -2.31. The minimum Gasteiger partial charge on any atom is -0.302 e. The Morgan fingerprint density at radius 3 is 2.00 bits per heavy atom. The molecule has 0 aromatic rings. The van der Waals surface area contributed by atoms with Gasteiger partial charge in [-0.25, -0.2) is 8.78 Å². The standard InChI is InChI=1S/C9H15F2N.C2H6/c1-6(2)3-12-4-7-8(5-12)9(7,10)11;1-2/h6-8H,3-5H2,1-2H3;1-2H3. The maximum atomic E-state index is 12.7. The van der Waals surface area contributed by atoms with E-state index in [0.717, 1.165) is 6.54 Å². The van der Waals surface area contributed by atoms with Crippen molar-refractivity contribution in [2.24, 2.45) is 17.8 Å². The van der Waals surface area contributed by atoms with E-state index in [2.05, 4.69) is 18.7 Å². The summed E-state index contributed by atoms with van der Waals surface area (Å²) < 4.78 is 25.5. The molecule has 1 aliphatic carbocycles. The number of piperidine rings is 1. The number of likely N-dealkylation sites (tertiary alicyclic amines) is 1. The molecule has 1 heterocycles. The summed E-state index contributed by atoms with van der Waals surface area (Å²) in [5.41, 5.74) is 0. The Labute approximate surface area is 85.5 Å². The van der Waals surface area contributed by atoms with Crippen LogP contribution in [0.4, 0.5) is 8.78 Å². The normalized spacial score (nSPS) is 33.6. The lowest BCUT2D eigenvalue weighted by Gasteiger charge is -2.20. The number of halogens is 2. The second-order valence-electron chi connectivity index (χ2n) is 4.50. The summed E-state index contributed by atoms with van der Waals surface area (Å²) in [7, 11) is 0. The first-order valence-electron chi connectivity index (χ1n) is 5.62. The summed E-state index contributed by atoms with van der Waals surface area (Å²) in [5, 5.41) is 0. The van der Waals surface area contributed by atoms with E-state index in [9.17, 15) is 8.78 Å². The summed E-state index contributed by atoms with van der Waals surface area (Å²) >= 11 is 0. The van der Waals surface area contributed by atoms with Gasteiger partial charge in [0.2, 0.25) is 0 Å². The molecular weight excluding hydrogens is 184 g/mol. The molecule has 0 spiro atoms. The lowest BCUT2D eigenvalue weighted by molar-refractivity contribution is 0.0512. The van der Waals surface area contributed by atoms with E-state index in [1.165, 1.54) is 0 Å². The Bertz CT molecular complexity index is 178. The predicted octanol–water partition coefficient (Wildman–Crippen LogP) is 2.87. The first-order valence-corrected chi connectivity index (χ1v) is 5.62. The molecule has 0 radical (unpaired) electrons. The van der Waals surface area contributed by atoms with Crippen molar-refractivity contribution in [3.63, 3.8) is 0 Å². The maximum absolute atomic E-state index is 12.7. The fourth-order valence-electron chi connectivity index (χ4n) is 2.25. The molecule has 0 amide bonds. The molecule has 14 heavy (non-hydrogen) atoms. The lowest BCUT2D eigenvalue weighted by atomic mass is 10.2. The fraction of sp³-hybridized carbons (Fsp3) is 1.00.